The number of Topliss-reactive ketones (excluding diaryl/α,β-unsaturated/α-hetero) is 2. The summed E-state index contributed by atoms with van der Waals surface area (Å²) in [5.74, 6) is -2.90. The van der Waals surface area contributed by atoms with Crippen molar-refractivity contribution in [1.29, 1.82) is 0 Å². The van der Waals surface area contributed by atoms with Crippen molar-refractivity contribution in [2.24, 2.45) is 100 Å². The van der Waals surface area contributed by atoms with Gasteiger partial charge < -0.3 is 14.8 Å². The van der Waals surface area contributed by atoms with E-state index in [0.29, 0.717) is 38.5 Å². The monoisotopic (exact) mass is 1000 g/mol. The zero-order valence-electron chi connectivity index (χ0n) is 47.3. The molecule has 6 saturated carbocycles. The summed E-state index contributed by atoms with van der Waals surface area (Å²) >= 11 is 0. The molecule has 10 aliphatic rings. The molecule has 14 atom stereocenters. The number of esters is 2. The molecule has 0 aromatic rings. The minimum atomic E-state index is -0.982. The number of rotatable bonds is 4. The molecule has 10 aliphatic carbocycles. The summed E-state index contributed by atoms with van der Waals surface area (Å²) in [5.41, 5.74) is -4.89. The van der Waals surface area contributed by atoms with Gasteiger partial charge >= 0.3 is 11.9 Å². The predicted molar refractivity (Wildman–Crippen MR) is 279 cm³/mol. The number of hydrogen-bond acceptors (Lipinski definition) is 9. The molecule has 73 heavy (non-hydrogen) atoms. The average molecular weight is 1000 g/mol. The van der Waals surface area contributed by atoms with Crippen molar-refractivity contribution in [1.82, 2.24) is 5.32 Å². The molecular formula is C63H87NO9. The van der Waals surface area contributed by atoms with Gasteiger partial charge in [-0.05, 0) is 164 Å². The van der Waals surface area contributed by atoms with Crippen molar-refractivity contribution in [3.05, 3.63) is 46.7 Å². The van der Waals surface area contributed by atoms with Gasteiger partial charge in [0.2, 0.25) is 0 Å². The van der Waals surface area contributed by atoms with E-state index in [9.17, 15) is 19.2 Å². The Morgan fingerprint density at radius 1 is 0.507 bits per heavy atom. The molecule has 0 aromatic heterocycles. The normalized spacial score (nSPS) is 46.5. The van der Waals surface area contributed by atoms with Crippen LogP contribution in [0.2, 0.25) is 0 Å². The first-order valence-electron chi connectivity index (χ1n) is 28.1. The number of carbonyl (C=O) groups excluding carboxylic acids is 7. The summed E-state index contributed by atoms with van der Waals surface area (Å²) in [6, 6.07) is 0. The Hall–Kier alpha value is -3.95. The number of methoxy groups -OCH3 is 2. The second kappa shape index (κ2) is 15.6. The molecule has 0 aromatic carbocycles. The summed E-state index contributed by atoms with van der Waals surface area (Å²) in [4.78, 5) is 103. The zero-order valence-corrected chi connectivity index (χ0v) is 47.3. The van der Waals surface area contributed by atoms with Crippen molar-refractivity contribution >= 4 is 41.0 Å². The van der Waals surface area contributed by atoms with Crippen LogP contribution in [0.5, 0.6) is 0 Å². The van der Waals surface area contributed by atoms with Gasteiger partial charge in [-0.15, -0.1) is 0 Å². The van der Waals surface area contributed by atoms with Crippen molar-refractivity contribution in [2.75, 3.05) is 14.2 Å². The standard InChI is InChI=1S/C63H87NO9/c1-52(2)21-25-62(50(70)72-15)27-23-60(13)45(36(62)32-52)39(65)29-43-56(9)31-35(47(67)54(5,6)41(56)17-19-58(43,60)11)49(69)64-38-34-57(10)42(55(7,8)48(38)68)18-20-59(12)44(57)30-40(66)46-37-33-53(3,4)22-26-63(37,51(71)73-16)28-24-61(46,59)14/h29-31,34,36-37,41-42,45-46H,17-28,32-33H2,1-16H3,(H,64,69)/t36-,37-,41-,42-,45-,46-,56-,57-,58+,59+,60+,61+,62-,63-/m0/s1. The third-order valence-electron chi connectivity index (χ3n) is 25.2. The quantitative estimate of drug-likeness (QED) is 0.214. The maximum Gasteiger partial charge on any atom is 0.312 e. The van der Waals surface area contributed by atoms with E-state index in [1.165, 1.54) is 14.2 Å². The molecule has 398 valence electrons. The fraction of sp³-hybridized carbons (Fsp3) is 0.762. The Balaban J connectivity index is 1.03. The van der Waals surface area contributed by atoms with Gasteiger partial charge in [-0.1, -0.05) is 114 Å². The number of carbonyl (C=O) groups is 7. The van der Waals surface area contributed by atoms with Crippen LogP contribution in [0.4, 0.5) is 0 Å². The summed E-state index contributed by atoms with van der Waals surface area (Å²) in [6.45, 7) is 30.2. The van der Waals surface area contributed by atoms with Crippen molar-refractivity contribution in [2.45, 2.75) is 187 Å². The third kappa shape index (κ3) is 6.48. The minimum absolute atomic E-state index is 0.00242. The molecule has 0 radical (unpaired) electrons. The number of nitrogens with one attached hydrogen (secondary N) is 1. The van der Waals surface area contributed by atoms with E-state index in [-0.39, 0.29) is 92.7 Å². The Morgan fingerprint density at radius 3 is 1.30 bits per heavy atom. The molecule has 10 rings (SSSR count). The molecule has 1 N–H and O–H groups in total. The highest BCUT2D eigenvalue weighted by Crippen LogP contribution is 2.77. The van der Waals surface area contributed by atoms with Gasteiger partial charge in [0.1, 0.15) is 0 Å². The van der Waals surface area contributed by atoms with Gasteiger partial charge in [0.15, 0.2) is 23.1 Å². The lowest BCUT2D eigenvalue weighted by Crippen LogP contribution is -2.66. The maximum absolute atomic E-state index is 15.2. The Labute approximate surface area is 435 Å². The maximum atomic E-state index is 15.2. The second-order valence-electron chi connectivity index (χ2n) is 30.0. The Morgan fingerprint density at radius 2 is 0.890 bits per heavy atom. The molecule has 10 nitrogen and oxygen atoms in total. The number of allylic oxidation sites excluding steroid dienone is 7. The van der Waals surface area contributed by atoms with Crippen molar-refractivity contribution < 1.29 is 43.0 Å². The minimum Gasteiger partial charge on any atom is -0.469 e. The van der Waals surface area contributed by atoms with E-state index in [2.05, 4.69) is 74.6 Å². The molecule has 0 aliphatic heterocycles. The first kappa shape index (κ1) is 52.5. The smallest absolute Gasteiger partial charge is 0.312 e. The molecule has 1 amide bonds. The number of amides is 1. The van der Waals surface area contributed by atoms with Crippen LogP contribution in [0.25, 0.3) is 0 Å². The summed E-state index contributed by atoms with van der Waals surface area (Å²) in [7, 11) is 2.94. The largest absolute Gasteiger partial charge is 0.469 e. The fourth-order valence-corrected chi connectivity index (χ4v) is 20.7. The van der Waals surface area contributed by atoms with Crippen LogP contribution in [0, 0.1) is 100 Å². The summed E-state index contributed by atoms with van der Waals surface area (Å²) < 4.78 is 11.1. The average Bonchev–Trinajstić information content (AvgIpc) is 3.30. The lowest BCUT2D eigenvalue weighted by atomic mass is 9.34. The van der Waals surface area contributed by atoms with Gasteiger partial charge in [-0.3, -0.25) is 33.6 Å². The summed E-state index contributed by atoms with van der Waals surface area (Å²) in [6.07, 6.45) is 17.9. The zero-order chi connectivity index (χ0) is 53.7. The van der Waals surface area contributed by atoms with Crippen LogP contribution < -0.4 is 5.32 Å². The first-order chi connectivity index (χ1) is 33.6. The molecular weight excluding hydrogens is 915 g/mol. The highest BCUT2D eigenvalue weighted by molar-refractivity contribution is 6.23. The van der Waals surface area contributed by atoms with Crippen LogP contribution in [0.1, 0.15) is 187 Å². The number of ketones is 4. The summed E-state index contributed by atoms with van der Waals surface area (Å²) in [5, 5.41) is 3.08. The van der Waals surface area contributed by atoms with Gasteiger partial charge in [0, 0.05) is 33.5 Å². The molecule has 0 heterocycles. The van der Waals surface area contributed by atoms with Gasteiger partial charge in [-0.2, -0.15) is 0 Å². The Bertz CT molecular complexity index is 2690. The topological polar surface area (TPSA) is 150 Å². The molecule has 6 fully saturated rings. The van der Waals surface area contributed by atoms with Gasteiger partial charge in [0.25, 0.3) is 5.91 Å². The molecule has 10 heteroatoms. The second-order valence-corrected chi connectivity index (χ2v) is 30.0. The number of hydrogen-bond donors (Lipinski definition) is 1. The molecule has 0 bridgehead atoms. The van der Waals surface area contributed by atoms with Crippen molar-refractivity contribution in [3.8, 4) is 0 Å². The van der Waals surface area contributed by atoms with Crippen LogP contribution >= 0.6 is 0 Å². The lowest BCUT2D eigenvalue weighted by Gasteiger charge is -2.69. The first-order valence-corrected chi connectivity index (χ1v) is 28.1. The number of ether oxygens (including phenoxy) is 2. The van der Waals surface area contributed by atoms with E-state index < -0.39 is 60.1 Å². The molecule has 0 spiro atoms. The third-order valence-corrected chi connectivity index (χ3v) is 25.2. The molecule has 0 unspecified atom stereocenters. The Kier molecular flexibility index (Phi) is 11.2. The van der Waals surface area contributed by atoms with Gasteiger partial charge in [0.05, 0.1) is 36.3 Å². The fourth-order valence-electron chi connectivity index (χ4n) is 20.7. The van der Waals surface area contributed by atoms with Crippen LogP contribution in [0.15, 0.2) is 46.7 Å². The molecule has 0 saturated heterocycles. The van der Waals surface area contributed by atoms with E-state index >= 15 is 14.4 Å². The van der Waals surface area contributed by atoms with Crippen LogP contribution in [-0.2, 0) is 43.0 Å². The number of fused-ring (bicyclic) bond motifs is 14. The van der Waals surface area contributed by atoms with Crippen LogP contribution in [-0.4, -0.2) is 55.2 Å². The van der Waals surface area contributed by atoms with Crippen LogP contribution in [0.3, 0.4) is 0 Å². The van der Waals surface area contributed by atoms with E-state index in [0.717, 1.165) is 62.5 Å². The highest BCUT2D eigenvalue weighted by Gasteiger charge is 2.74. The lowest BCUT2D eigenvalue weighted by molar-refractivity contribution is -0.192. The SMILES string of the molecule is COC(=O)[C@]12CCC(C)(C)C[C@H]1[C@H]1C(=O)C=C3[C@@]4(C)C=C(NC(=O)C5=C[C@]6(C)C7=CC(=O)[C@@H]8[C@@H]9CC(C)(C)CC[C@]9(C(=O)OC)CC[C@@]8(C)[C@]7(C)CC[C@H]6C(C)(C)C5=O)C(=O)C(C)(C)[C@@H]4CC[C@@]3(C)[C@]1(C)CC2. The van der Waals surface area contributed by atoms with Gasteiger partial charge in [-0.25, -0.2) is 0 Å². The predicted octanol–water partition coefficient (Wildman–Crippen LogP) is 11.8. The van der Waals surface area contributed by atoms with E-state index in [1.807, 2.05) is 52.0 Å². The van der Waals surface area contributed by atoms with E-state index in [4.69, 9.17) is 9.47 Å². The van der Waals surface area contributed by atoms with E-state index in [1.54, 1.807) is 0 Å². The highest BCUT2D eigenvalue weighted by atomic mass is 16.5. The van der Waals surface area contributed by atoms with Crippen molar-refractivity contribution in [3.63, 3.8) is 0 Å².